The minimum absolute atomic E-state index is 0.0416. The van der Waals surface area contributed by atoms with Crippen LogP contribution in [0.25, 0.3) is 0 Å². The van der Waals surface area contributed by atoms with E-state index in [-0.39, 0.29) is 24.5 Å². The molecular weight excluding hydrogens is 310 g/mol. The van der Waals surface area contributed by atoms with Crippen LogP contribution in [0.15, 0.2) is 24.3 Å². The van der Waals surface area contributed by atoms with E-state index in [9.17, 15) is 14.9 Å². The zero-order valence-corrected chi connectivity index (χ0v) is 12.8. The number of hydrogen-bond donors (Lipinski definition) is 0. The van der Waals surface area contributed by atoms with Gasteiger partial charge in [0, 0.05) is 10.6 Å². The van der Waals surface area contributed by atoms with Gasteiger partial charge < -0.3 is 4.74 Å². The Kier molecular flexibility index (Phi) is 4.77. The van der Waals surface area contributed by atoms with Crippen molar-refractivity contribution in [1.29, 1.82) is 0 Å². The van der Waals surface area contributed by atoms with Crippen molar-refractivity contribution in [3.05, 3.63) is 56.4 Å². The average molecular weight is 324 g/mol. The van der Waals surface area contributed by atoms with E-state index in [1.54, 1.807) is 31.2 Å². The Morgan fingerprint density at radius 1 is 1.41 bits per heavy atom. The Balaban J connectivity index is 2.03. The normalized spacial score (nSPS) is 10.5. The fourth-order valence-electron chi connectivity index (χ4n) is 2.05. The van der Waals surface area contributed by atoms with E-state index in [1.165, 1.54) is 11.6 Å². The van der Waals surface area contributed by atoms with Crippen LogP contribution in [-0.2, 0) is 22.7 Å². The molecule has 0 bridgehead atoms. The van der Waals surface area contributed by atoms with Gasteiger partial charge in [0.25, 0.3) is 0 Å². The molecule has 0 aliphatic rings. The first-order valence-electron chi connectivity index (χ1n) is 6.47. The van der Waals surface area contributed by atoms with Crippen LogP contribution in [0.3, 0.4) is 0 Å². The van der Waals surface area contributed by atoms with Gasteiger partial charge in [0.05, 0.1) is 4.92 Å². The fourth-order valence-corrected chi connectivity index (χ4v) is 2.24. The van der Waals surface area contributed by atoms with Crippen LogP contribution >= 0.6 is 11.6 Å². The molecule has 0 N–H and O–H groups in total. The zero-order valence-electron chi connectivity index (χ0n) is 12.1. The van der Waals surface area contributed by atoms with E-state index in [4.69, 9.17) is 16.3 Å². The van der Waals surface area contributed by atoms with Gasteiger partial charge in [-0.2, -0.15) is 5.10 Å². The van der Waals surface area contributed by atoms with Crippen molar-refractivity contribution in [2.75, 3.05) is 0 Å². The van der Waals surface area contributed by atoms with Crippen LogP contribution in [0.4, 0.5) is 5.69 Å². The average Bonchev–Trinajstić information content (AvgIpc) is 2.72. The highest BCUT2D eigenvalue weighted by atomic mass is 35.5. The summed E-state index contributed by atoms with van der Waals surface area (Å²) in [6.07, 6.45) is 0. The molecule has 2 aromatic rings. The van der Waals surface area contributed by atoms with Crippen molar-refractivity contribution in [1.82, 2.24) is 9.78 Å². The monoisotopic (exact) mass is 323 g/mol. The Hall–Kier alpha value is -2.41. The minimum atomic E-state index is -0.541. The standard InChI is InChI=1S/C14H14ClN3O4/c1-9-14(18(20)21)10(2)17(16-9)7-13(19)22-8-11-5-3-4-6-12(11)15/h3-6H,7-8H2,1-2H3. The van der Waals surface area contributed by atoms with Crippen molar-refractivity contribution in [2.24, 2.45) is 0 Å². The third kappa shape index (κ3) is 3.43. The molecule has 1 aromatic carbocycles. The van der Waals surface area contributed by atoms with Gasteiger partial charge in [0.1, 0.15) is 24.5 Å². The maximum Gasteiger partial charge on any atom is 0.328 e. The topological polar surface area (TPSA) is 87.3 Å². The van der Waals surface area contributed by atoms with Gasteiger partial charge in [-0.25, -0.2) is 0 Å². The second-order valence-corrected chi connectivity index (χ2v) is 5.09. The second-order valence-electron chi connectivity index (χ2n) is 4.69. The third-order valence-corrected chi connectivity index (χ3v) is 3.52. The van der Waals surface area contributed by atoms with Crippen LogP contribution in [0.1, 0.15) is 17.0 Å². The summed E-state index contributed by atoms with van der Waals surface area (Å²) in [5, 5.41) is 15.4. The summed E-state index contributed by atoms with van der Waals surface area (Å²) in [4.78, 5) is 22.2. The van der Waals surface area contributed by atoms with Gasteiger partial charge >= 0.3 is 11.7 Å². The van der Waals surface area contributed by atoms with Gasteiger partial charge in [0.15, 0.2) is 0 Å². The number of carbonyl (C=O) groups excluding carboxylic acids is 1. The van der Waals surface area contributed by atoms with Gasteiger partial charge in [-0.1, -0.05) is 29.8 Å². The quantitative estimate of drug-likeness (QED) is 0.479. The highest BCUT2D eigenvalue weighted by molar-refractivity contribution is 6.31. The molecule has 0 amide bonds. The lowest BCUT2D eigenvalue weighted by molar-refractivity contribution is -0.386. The SMILES string of the molecule is Cc1nn(CC(=O)OCc2ccccc2Cl)c(C)c1[N+](=O)[O-]. The Labute approximate surface area is 131 Å². The summed E-state index contributed by atoms with van der Waals surface area (Å²) in [7, 11) is 0. The van der Waals surface area contributed by atoms with Crippen molar-refractivity contribution < 1.29 is 14.5 Å². The number of hydrogen-bond acceptors (Lipinski definition) is 5. The molecule has 0 unspecified atom stereocenters. The summed E-state index contributed by atoms with van der Waals surface area (Å²) in [5.74, 6) is -0.541. The molecule has 22 heavy (non-hydrogen) atoms. The van der Waals surface area contributed by atoms with E-state index in [1.807, 2.05) is 0 Å². The molecule has 0 fully saturated rings. The number of ether oxygens (including phenoxy) is 1. The molecule has 0 aliphatic heterocycles. The molecular formula is C14H14ClN3O4. The first kappa shape index (κ1) is 16.0. The molecule has 0 spiro atoms. The molecule has 0 saturated carbocycles. The Morgan fingerprint density at radius 3 is 2.68 bits per heavy atom. The van der Waals surface area contributed by atoms with Gasteiger partial charge in [-0.15, -0.1) is 0 Å². The lowest BCUT2D eigenvalue weighted by Gasteiger charge is -2.07. The Bertz CT molecular complexity index is 727. The van der Waals surface area contributed by atoms with Crippen LogP contribution < -0.4 is 0 Å². The molecule has 1 heterocycles. The van der Waals surface area contributed by atoms with Crippen LogP contribution in [0.2, 0.25) is 5.02 Å². The molecule has 0 radical (unpaired) electrons. The van der Waals surface area contributed by atoms with E-state index in [2.05, 4.69) is 5.10 Å². The fraction of sp³-hybridized carbons (Fsp3) is 0.286. The largest absolute Gasteiger partial charge is 0.459 e. The number of carbonyl (C=O) groups is 1. The number of rotatable bonds is 5. The van der Waals surface area contributed by atoms with Crippen LogP contribution in [-0.4, -0.2) is 20.7 Å². The Morgan fingerprint density at radius 2 is 2.09 bits per heavy atom. The first-order valence-corrected chi connectivity index (χ1v) is 6.85. The number of nitrogens with zero attached hydrogens (tertiary/aromatic N) is 3. The third-order valence-electron chi connectivity index (χ3n) is 3.15. The molecule has 1 aromatic heterocycles. The first-order chi connectivity index (χ1) is 10.4. The molecule has 0 aliphatic carbocycles. The smallest absolute Gasteiger partial charge is 0.328 e. The van der Waals surface area contributed by atoms with Crippen molar-refractivity contribution >= 4 is 23.3 Å². The predicted octanol–water partition coefficient (Wildman–Crippen LogP) is 2.80. The number of aromatic nitrogens is 2. The summed E-state index contributed by atoms with van der Waals surface area (Å²) in [5.41, 5.74) is 1.19. The van der Waals surface area contributed by atoms with E-state index in [0.29, 0.717) is 16.3 Å². The molecule has 8 heteroatoms. The highest BCUT2D eigenvalue weighted by Gasteiger charge is 2.23. The minimum Gasteiger partial charge on any atom is -0.459 e. The van der Waals surface area contributed by atoms with Gasteiger partial charge in [0.2, 0.25) is 0 Å². The molecule has 0 atom stereocenters. The molecule has 116 valence electrons. The van der Waals surface area contributed by atoms with E-state index in [0.717, 1.165) is 0 Å². The summed E-state index contributed by atoms with van der Waals surface area (Å²) < 4.78 is 6.39. The van der Waals surface area contributed by atoms with Crippen molar-refractivity contribution in [3.63, 3.8) is 0 Å². The van der Waals surface area contributed by atoms with Crippen LogP contribution in [0.5, 0.6) is 0 Å². The lowest BCUT2D eigenvalue weighted by Crippen LogP contribution is -2.15. The van der Waals surface area contributed by atoms with Gasteiger partial charge in [-0.3, -0.25) is 19.6 Å². The molecule has 2 rings (SSSR count). The maximum absolute atomic E-state index is 11.8. The second kappa shape index (κ2) is 6.57. The van der Waals surface area contributed by atoms with E-state index < -0.39 is 10.9 Å². The van der Waals surface area contributed by atoms with Crippen molar-refractivity contribution in [3.8, 4) is 0 Å². The molecule has 0 saturated heterocycles. The predicted molar refractivity (Wildman–Crippen MR) is 79.6 cm³/mol. The number of nitro groups is 1. The number of aryl methyl sites for hydroxylation is 1. The summed E-state index contributed by atoms with van der Waals surface area (Å²) >= 11 is 5.97. The van der Waals surface area contributed by atoms with Crippen molar-refractivity contribution in [2.45, 2.75) is 27.0 Å². The van der Waals surface area contributed by atoms with Crippen LogP contribution in [0, 0.1) is 24.0 Å². The zero-order chi connectivity index (χ0) is 16.3. The highest BCUT2D eigenvalue weighted by Crippen LogP contribution is 2.22. The number of halogens is 1. The summed E-state index contributed by atoms with van der Waals surface area (Å²) in [6, 6.07) is 7.03. The lowest BCUT2D eigenvalue weighted by atomic mass is 10.2. The number of benzene rings is 1. The number of esters is 1. The maximum atomic E-state index is 11.8. The molecule has 7 nitrogen and oxygen atoms in total. The van der Waals surface area contributed by atoms with Gasteiger partial charge in [-0.05, 0) is 19.9 Å². The van der Waals surface area contributed by atoms with E-state index >= 15 is 0 Å². The summed E-state index contributed by atoms with van der Waals surface area (Å²) in [6.45, 7) is 2.92.